The Balaban J connectivity index is 1.65. The molecule has 0 spiro atoms. The van der Waals surface area contributed by atoms with E-state index in [1.807, 2.05) is 11.0 Å². The van der Waals surface area contributed by atoms with Gasteiger partial charge in [0.05, 0.1) is 0 Å². The van der Waals surface area contributed by atoms with Crippen LogP contribution < -0.4 is 5.32 Å². The van der Waals surface area contributed by atoms with Gasteiger partial charge in [0, 0.05) is 32.6 Å². The third kappa shape index (κ3) is 4.63. The van der Waals surface area contributed by atoms with Gasteiger partial charge in [-0.25, -0.2) is 4.39 Å². The van der Waals surface area contributed by atoms with E-state index >= 15 is 0 Å². The zero-order valence-corrected chi connectivity index (χ0v) is 11.2. The Kier molecular flexibility index (Phi) is 5.33. The minimum atomic E-state index is -0.219. The van der Waals surface area contributed by atoms with Crippen LogP contribution in [0.3, 0.4) is 0 Å². The molecule has 1 N–H and O–H groups in total. The Morgan fingerprint density at radius 3 is 2.79 bits per heavy atom. The lowest BCUT2D eigenvalue weighted by Crippen LogP contribution is -2.37. The Labute approximate surface area is 113 Å². The van der Waals surface area contributed by atoms with E-state index in [9.17, 15) is 9.18 Å². The summed E-state index contributed by atoms with van der Waals surface area (Å²) in [4.78, 5) is 13.8. The molecule has 1 aliphatic heterocycles. The van der Waals surface area contributed by atoms with Gasteiger partial charge in [0.2, 0.25) is 5.91 Å². The zero-order valence-electron chi connectivity index (χ0n) is 11.2. The number of amides is 1. The molecule has 0 bridgehead atoms. The van der Waals surface area contributed by atoms with Crippen LogP contribution in [0.15, 0.2) is 24.3 Å². The van der Waals surface area contributed by atoms with E-state index in [2.05, 4.69) is 5.32 Å². The summed E-state index contributed by atoms with van der Waals surface area (Å²) in [6.07, 6.45) is 4.02. The monoisotopic (exact) mass is 264 g/mol. The predicted octanol–water partition coefficient (Wildman–Crippen LogP) is 2.32. The molecule has 2 rings (SSSR count). The van der Waals surface area contributed by atoms with Crippen LogP contribution in [0.4, 0.5) is 4.39 Å². The average molecular weight is 264 g/mol. The number of hydrogen-bond donors (Lipinski definition) is 1. The summed E-state index contributed by atoms with van der Waals surface area (Å²) in [6.45, 7) is 3.06. The standard InChI is InChI=1S/C15H21FN2O/c16-14-6-4-5-13(11-14)12-17-8-7-15(19)18-9-2-1-3-10-18/h4-6,11,17H,1-3,7-10,12H2. The van der Waals surface area contributed by atoms with Crippen LogP contribution in [0.5, 0.6) is 0 Å². The van der Waals surface area contributed by atoms with Gasteiger partial charge in [0.15, 0.2) is 0 Å². The minimum absolute atomic E-state index is 0.219. The van der Waals surface area contributed by atoms with Crippen molar-refractivity contribution in [1.82, 2.24) is 10.2 Å². The van der Waals surface area contributed by atoms with Gasteiger partial charge in [-0.1, -0.05) is 12.1 Å². The molecule has 3 nitrogen and oxygen atoms in total. The Bertz CT molecular complexity index is 416. The van der Waals surface area contributed by atoms with E-state index < -0.39 is 0 Å². The van der Waals surface area contributed by atoms with Gasteiger partial charge < -0.3 is 10.2 Å². The van der Waals surface area contributed by atoms with Gasteiger partial charge >= 0.3 is 0 Å². The SMILES string of the molecule is O=C(CCNCc1cccc(F)c1)N1CCCCC1. The van der Waals surface area contributed by atoms with Crippen LogP contribution in [0, 0.1) is 5.82 Å². The smallest absolute Gasteiger partial charge is 0.223 e. The number of hydrogen-bond acceptors (Lipinski definition) is 2. The highest BCUT2D eigenvalue weighted by atomic mass is 19.1. The number of nitrogens with one attached hydrogen (secondary N) is 1. The van der Waals surface area contributed by atoms with Crippen molar-refractivity contribution in [2.45, 2.75) is 32.2 Å². The maximum Gasteiger partial charge on any atom is 0.223 e. The molecule has 1 aromatic carbocycles. The normalized spacial score (nSPS) is 15.5. The molecule has 0 unspecified atom stereocenters. The van der Waals surface area contributed by atoms with Crippen molar-refractivity contribution >= 4 is 5.91 Å². The Morgan fingerprint density at radius 1 is 1.26 bits per heavy atom. The van der Waals surface area contributed by atoms with E-state index in [0.29, 0.717) is 19.5 Å². The van der Waals surface area contributed by atoms with E-state index in [0.717, 1.165) is 31.5 Å². The average Bonchev–Trinajstić information content (AvgIpc) is 2.44. The van der Waals surface area contributed by atoms with Gasteiger partial charge in [0.1, 0.15) is 5.82 Å². The van der Waals surface area contributed by atoms with Gasteiger partial charge in [-0.2, -0.15) is 0 Å². The predicted molar refractivity (Wildman–Crippen MR) is 73.2 cm³/mol. The fourth-order valence-electron chi connectivity index (χ4n) is 2.38. The first-order valence-corrected chi connectivity index (χ1v) is 6.98. The molecule has 0 aromatic heterocycles. The van der Waals surface area contributed by atoms with Crippen molar-refractivity contribution in [3.05, 3.63) is 35.6 Å². The number of rotatable bonds is 5. The lowest BCUT2D eigenvalue weighted by molar-refractivity contribution is -0.131. The molecule has 0 aliphatic carbocycles. The van der Waals surface area contributed by atoms with Gasteiger partial charge in [-0.3, -0.25) is 4.79 Å². The van der Waals surface area contributed by atoms with Gasteiger partial charge in [0.25, 0.3) is 0 Å². The van der Waals surface area contributed by atoms with Crippen molar-refractivity contribution < 1.29 is 9.18 Å². The van der Waals surface area contributed by atoms with Gasteiger partial charge in [-0.05, 0) is 37.0 Å². The summed E-state index contributed by atoms with van der Waals surface area (Å²) in [5, 5.41) is 3.18. The van der Waals surface area contributed by atoms with E-state index in [1.165, 1.54) is 18.6 Å². The highest BCUT2D eigenvalue weighted by Gasteiger charge is 2.15. The molecule has 0 atom stereocenters. The number of benzene rings is 1. The number of nitrogens with zero attached hydrogens (tertiary/aromatic N) is 1. The molecule has 1 saturated heterocycles. The van der Waals surface area contributed by atoms with Crippen LogP contribution in [0.1, 0.15) is 31.2 Å². The fourth-order valence-corrected chi connectivity index (χ4v) is 2.38. The molecule has 104 valence electrons. The molecule has 1 aliphatic rings. The van der Waals surface area contributed by atoms with Crippen molar-refractivity contribution in [3.8, 4) is 0 Å². The maximum absolute atomic E-state index is 13.0. The summed E-state index contributed by atoms with van der Waals surface area (Å²) in [6, 6.07) is 6.52. The first kappa shape index (κ1) is 14.0. The summed E-state index contributed by atoms with van der Waals surface area (Å²) >= 11 is 0. The van der Waals surface area contributed by atoms with Crippen molar-refractivity contribution in [2.24, 2.45) is 0 Å². The molecule has 1 fully saturated rings. The molecule has 0 saturated carbocycles. The quantitative estimate of drug-likeness (QED) is 0.828. The fraction of sp³-hybridized carbons (Fsp3) is 0.533. The van der Waals surface area contributed by atoms with Crippen LogP contribution in [0.2, 0.25) is 0 Å². The highest BCUT2D eigenvalue weighted by Crippen LogP contribution is 2.09. The summed E-state index contributed by atoms with van der Waals surface area (Å²) in [7, 11) is 0. The first-order chi connectivity index (χ1) is 9.25. The number of carbonyl (C=O) groups excluding carboxylic acids is 1. The summed E-state index contributed by atoms with van der Waals surface area (Å²) in [5.41, 5.74) is 0.908. The second-order valence-corrected chi connectivity index (χ2v) is 5.00. The molecule has 0 radical (unpaired) electrons. The highest BCUT2D eigenvalue weighted by molar-refractivity contribution is 5.76. The minimum Gasteiger partial charge on any atom is -0.343 e. The Morgan fingerprint density at radius 2 is 2.05 bits per heavy atom. The largest absolute Gasteiger partial charge is 0.343 e. The van der Waals surface area contributed by atoms with Crippen LogP contribution in [-0.4, -0.2) is 30.4 Å². The number of piperidine rings is 1. The lowest BCUT2D eigenvalue weighted by atomic mass is 10.1. The van der Waals surface area contributed by atoms with Crippen molar-refractivity contribution in [3.63, 3.8) is 0 Å². The summed E-state index contributed by atoms with van der Waals surface area (Å²) < 4.78 is 13.0. The number of likely N-dealkylation sites (tertiary alicyclic amines) is 1. The topological polar surface area (TPSA) is 32.3 Å². The third-order valence-electron chi connectivity index (χ3n) is 3.44. The zero-order chi connectivity index (χ0) is 13.5. The van der Waals surface area contributed by atoms with Crippen molar-refractivity contribution in [1.29, 1.82) is 0 Å². The molecule has 1 heterocycles. The maximum atomic E-state index is 13.0. The number of carbonyl (C=O) groups is 1. The van der Waals surface area contributed by atoms with E-state index in [1.54, 1.807) is 6.07 Å². The molecular weight excluding hydrogens is 243 g/mol. The van der Waals surface area contributed by atoms with Crippen LogP contribution >= 0.6 is 0 Å². The molecule has 4 heteroatoms. The van der Waals surface area contributed by atoms with Gasteiger partial charge in [-0.15, -0.1) is 0 Å². The van der Waals surface area contributed by atoms with E-state index in [4.69, 9.17) is 0 Å². The van der Waals surface area contributed by atoms with Crippen LogP contribution in [-0.2, 0) is 11.3 Å². The first-order valence-electron chi connectivity index (χ1n) is 6.98. The van der Waals surface area contributed by atoms with Crippen LogP contribution in [0.25, 0.3) is 0 Å². The lowest BCUT2D eigenvalue weighted by Gasteiger charge is -2.26. The molecule has 1 amide bonds. The number of halogens is 1. The molecular formula is C15H21FN2O. The second-order valence-electron chi connectivity index (χ2n) is 5.00. The third-order valence-corrected chi connectivity index (χ3v) is 3.44. The van der Waals surface area contributed by atoms with E-state index in [-0.39, 0.29) is 11.7 Å². The molecule has 19 heavy (non-hydrogen) atoms. The Hall–Kier alpha value is -1.42. The second kappa shape index (κ2) is 7.24. The summed E-state index contributed by atoms with van der Waals surface area (Å²) in [5.74, 6) is 0.00938. The molecule has 1 aromatic rings. The van der Waals surface area contributed by atoms with Crippen molar-refractivity contribution in [2.75, 3.05) is 19.6 Å².